The van der Waals surface area contributed by atoms with E-state index in [0.717, 1.165) is 59.6 Å². The highest BCUT2D eigenvalue weighted by Gasteiger charge is 2.41. The van der Waals surface area contributed by atoms with Crippen LogP contribution in [0.15, 0.2) is 37.2 Å². The number of piperidine rings is 2. The topological polar surface area (TPSA) is 310 Å². The average molecular weight is 817 g/mol. The molecule has 0 spiro atoms. The van der Waals surface area contributed by atoms with Gasteiger partial charge in [-0.3, -0.25) is 19.2 Å². The SMILES string of the molecule is C[C@@H]1CCN(C(=O)CC#N)C[C@@H]1N(C)c1ncnc2[nH]ccc12.C[C@@H]1CCN(C(=O)CC#N)C[C@@H]1N(C)c1ncnc2[nH]ccc12.O=C(O)CC(O)(CC(=O)O)C(=O)O. The number of amides is 2. The molecule has 0 bridgehead atoms. The van der Waals surface area contributed by atoms with Crippen LogP contribution in [0.25, 0.3) is 22.1 Å². The van der Waals surface area contributed by atoms with Crippen LogP contribution < -0.4 is 9.80 Å². The summed E-state index contributed by atoms with van der Waals surface area (Å²) in [6.07, 6.45) is 6.26. The highest BCUT2D eigenvalue weighted by atomic mass is 16.4. The summed E-state index contributed by atoms with van der Waals surface area (Å²) in [5, 5.41) is 53.2. The van der Waals surface area contributed by atoms with Crippen LogP contribution in [0.2, 0.25) is 0 Å². The van der Waals surface area contributed by atoms with Gasteiger partial charge in [-0.15, -0.1) is 0 Å². The zero-order valence-electron chi connectivity index (χ0n) is 33.1. The number of H-pyrrole nitrogens is 2. The Morgan fingerprint density at radius 1 is 0.746 bits per heavy atom. The summed E-state index contributed by atoms with van der Waals surface area (Å²) in [6.45, 7) is 7.07. The number of likely N-dealkylation sites (N-methyl/N-ethyl adjacent to an activating group) is 2. The molecule has 2 amide bonds. The van der Waals surface area contributed by atoms with Crippen molar-refractivity contribution in [2.24, 2.45) is 11.8 Å². The normalized spacial score (nSPS) is 18.9. The predicted molar refractivity (Wildman–Crippen MR) is 210 cm³/mol. The van der Waals surface area contributed by atoms with Crippen molar-refractivity contribution >= 4 is 63.4 Å². The van der Waals surface area contributed by atoms with Gasteiger partial charge in [0, 0.05) is 52.7 Å². The van der Waals surface area contributed by atoms with E-state index >= 15 is 0 Å². The van der Waals surface area contributed by atoms with Gasteiger partial charge in [0.05, 0.1) is 47.8 Å². The van der Waals surface area contributed by atoms with Crippen molar-refractivity contribution in [2.45, 2.75) is 70.1 Å². The number of anilines is 2. The number of hydrogen-bond acceptors (Lipinski definition) is 14. The lowest BCUT2D eigenvalue weighted by Crippen LogP contribution is -2.52. The molecule has 6 rings (SSSR count). The predicted octanol–water partition coefficient (Wildman–Crippen LogP) is 1.84. The first-order valence-corrected chi connectivity index (χ1v) is 18.7. The molecule has 6 N–H and O–H groups in total. The number of aliphatic carboxylic acids is 3. The van der Waals surface area contributed by atoms with Crippen molar-refractivity contribution < 1.29 is 44.4 Å². The molecule has 21 heteroatoms. The summed E-state index contributed by atoms with van der Waals surface area (Å²) in [5.41, 5.74) is -1.12. The lowest BCUT2D eigenvalue weighted by Gasteiger charge is -2.42. The fraction of sp³-hybridized carbons (Fsp3) is 0.500. The van der Waals surface area contributed by atoms with Gasteiger partial charge in [-0.1, -0.05) is 13.8 Å². The summed E-state index contributed by atoms with van der Waals surface area (Å²) in [5.74, 6) is -2.59. The number of carboxylic acid groups (broad SMARTS) is 3. The number of aromatic nitrogens is 6. The minimum absolute atomic E-state index is 0.0552. The first-order valence-electron chi connectivity index (χ1n) is 18.7. The van der Waals surface area contributed by atoms with Gasteiger partial charge < -0.3 is 50.0 Å². The maximum atomic E-state index is 12.0. The molecule has 0 saturated carbocycles. The number of carboxylic acids is 3. The fourth-order valence-electron chi connectivity index (χ4n) is 7.23. The minimum atomic E-state index is -2.74. The molecule has 21 nitrogen and oxygen atoms in total. The molecule has 4 aromatic heterocycles. The number of aromatic amines is 2. The number of carbonyl (C=O) groups is 5. The molecular weight excluding hydrogens is 768 g/mol. The molecule has 0 unspecified atom stereocenters. The number of hydrogen-bond donors (Lipinski definition) is 6. The summed E-state index contributed by atoms with van der Waals surface area (Å²) < 4.78 is 0. The number of carbonyl (C=O) groups excluding carboxylic acids is 2. The largest absolute Gasteiger partial charge is 0.481 e. The monoisotopic (exact) mass is 816 g/mol. The molecule has 0 radical (unpaired) electrons. The Balaban J connectivity index is 0.000000205. The standard InChI is InChI=1S/2C16H20N6O.C6H8O7/c2*1-11-5-8-22(14(23)3-6-17)9-13(11)21(2)16-12-4-7-18-15(12)19-10-20-16;7-3(8)1-6(13,5(11)12)2-4(9)10/h2*4,7,10-11,13H,3,5,8-9H2,1-2H3,(H,18,19,20);13H,1-2H2,(H,7,8)(H,9,10)(H,11,12)/t2*11-,13+;/m11./s1. The third kappa shape index (κ3) is 11.2. The van der Waals surface area contributed by atoms with Crippen molar-refractivity contribution in [1.29, 1.82) is 10.5 Å². The molecule has 2 fully saturated rings. The van der Waals surface area contributed by atoms with E-state index in [-0.39, 0.29) is 36.7 Å². The van der Waals surface area contributed by atoms with Gasteiger partial charge >= 0.3 is 17.9 Å². The second-order valence-corrected chi connectivity index (χ2v) is 14.6. The molecule has 2 saturated heterocycles. The van der Waals surface area contributed by atoms with Gasteiger partial charge in [0.25, 0.3) is 0 Å². The summed E-state index contributed by atoms with van der Waals surface area (Å²) in [7, 11) is 4.02. The lowest BCUT2D eigenvalue weighted by molar-refractivity contribution is -0.170. The Morgan fingerprint density at radius 3 is 1.47 bits per heavy atom. The Hall–Kier alpha value is -6.87. The Kier molecular flexibility index (Phi) is 15.2. The summed E-state index contributed by atoms with van der Waals surface area (Å²) >= 11 is 0. The quantitative estimate of drug-likeness (QED) is 0.126. The van der Waals surface area contributed by atoms with Gasteiger partial charge in [-0.25, -0.2) is 24.7 Å². The number of nitriles is 2. The van der Waals surface area contributed by atoms with Crippen LogP contribution >= 0.6 is 0 Å². The number of nitrogens with one attached hydrogen (secondary N) is 2. The molecule has 314 valence electrons. The summed E-state index contributed by atoms with van der Waals surface area (Å²) in [4.78, 5) is 85.9. The van der Waals surface area contributed by atoms with Crippen LogP contribution in [0.5, 0.6) is 0 Å². The summed E-state index contributed by atoms with van der Waals surface area (Å²) in [6, 6.07) is 8.15. The van der Waals surface area contributed by atoms with E-state index in [0.29, 0.717) is 24.9 Å². The van der Waals surface area contributed by atoms with Crippen molar-refractivity contribution in [2.75, 3.05) is 50.1 Å². The van der Waals surface area contributed by atoms with E-state index in [1.807, 2.05) is 50.8 Å². The minimum Gasteiger partial charge on any atom is -0.481 e. The second-order valence-electron chi connectivity index (χ2n) is 14.6. The molecule has 59 heavy (non-hydrogen) atoms. The van der Waals surface area contributed by atoms with Gasteiger partial charge in [0.15, 0.2) is 5.60 Å². The number of nitrogens with zero attached hydrogens (tertiary/aromatic N) is 10. The van der Waals surface area contributed by atoms with Crippen molar-refractivity contribution in [3.05, 3.63) is 37.2 Å². The number of aliphatic hydroxyl groups is 1. The third-order valence-corrected chi connectivity index (χ3v) is 10.6. The first-order chi connectivity index (χ1) is 28.0. The fourth-order valence-corrected chi connectivity index (χ4v) is 7.23. The molecular formula is C38H48N12O9. The van der Waals surface area contributed by atoms with E-state index in [9.17, 15) is 24.0 Å². The molecule has 0 aromatic carbocycles. The van der Waals surface area contributed by atoms with E-state index < -0.39 is 36.4 Å². The lowest BCUT2D eigenvalue weighted by atomic mass is 9.92. The van der Waals surface area contributed by atoms with E-state index in [1.165, 1.54) is 0 Å². The van der Waals surface area contributed by atoms with Gasteiger partial charge in [0.2, 0.25) is 11.8 Å². The zero-order chi connectivity index (χ0) is 43.4. The van der Waals surface area contributed by atoms with E-state index in [1.54, 1.807) is 22.5 Å². The molecule has 2 aliphatic rings. The van der Waals surface area contributed by atoms with Crippen molar-refractivity contribution in [3.63, 3.8) is 0 Å². The Bertz CT molecular complexity index is 2070. The van der Waals surface area contributed by atoms with Crippen LogP contribution in [0.1, 0.15) is 52.4 Å². The van der Waals surface area contributed by atoms with Crippen molar-refractivity contribution in [3.8, 4) is 12.1 Å². The highest BCUT2D eigenvalue weighted by Crippen LogP contribution is 2.30. The second kappa shape index (κ2) is 20.0. The first kappa shape index (κ1) is 44.8. The molecule has 6 heterocycles. The van der Waals surface area contributed by atoms with Gasteiger partial charge in [-0.2, -0.15) is 10.5 Å². The van der Waals surface area contributed by atoms with Gasteiger partial charge in [0.1, 0.15) is 48.4 Å². The van der Waals surface area contributed by atoms with Crippen LogP contribution in [-0.2, 0) is 24.0 Å². The van der Waals surface area contributed by atoms with Crippen LogP contribution in [0.3, 0.4) is 0 Å². The maximum absolute atomic E-state index is 12.0. The van der Waals surface area contributed by atoms with Crippen LogP contribution in [-0.4, -0.2) is 148 Å². The smallest absolute Gasteiger partial charge is 0.336 e. The number of likely N-dealkylation sites (tertiary alicyclic amines) is 2. The molecule has 0 aliphatic carbocycles. The number of rotatable bonds is 11. The zero-order valence-corrected chi connectivity index (χ0v) is 33.1. The Morgan fingerprint density at radius 2 is 1.14 bits per heavy atom. The van der Waals surface area contributed by atoms with Gasteiger partial charge in [-0.05, 0) is 36.8 Å². The number of fused-ring (bicyclic) bond motifs is 2. The van der Waals surface area contributed by atoms with Crippen LogP contribution in [0, 0.1) is 34.5 Å². The van der Waals surface area contributed by atoms with Crippen LogP contribution in [0.4, 0.5) is 11.6 Å². The van der Waals surface area contributed by atoms with E-state index in [2.05, 4.69) is 53.6 Å². The Labute approximate surface area is 338 Å². The van der Waals surface area contributed by atoms with Crippen molar-refractivity contribution in [1.82, 2.24) is 39.7 Å². The van der Waals surface area contributed by atoms with E-state index in [4.69, 9.17) is 30.9 Å². The molecule has 2 aliphatic heterocycles. The molecule has 4 atom stereocenters. The third-order valence-electron chi connectivity index (χ3n) is 10.6. The molecule has 4 aromatic rings. The highest BCUT2D eigenvalue weighted by molar-refractivity contribution is 5.89. The average Bonchev–Trinajstić information content (AvgIpc) is 3.88. The maximum Gasteiger partial charge on any atom is 0.336 e.